The number of nitrogens with zero attached hydrogens (tertiary/aromatic N) is 2. The van der Waals surface area contributed by atoms with Gasteiger partial charge in [-0.3, -0.25) is 14.4 Å². The minimum absolute atomic E-state index is 0.193. The van der Waals surface area contributed by atoms with Crippen LogP contribution in [-0.2, 0) is 19.1 Å². The zero-order chi connectivity index (χ0) is 18.4. The van der Waals surface area contributed by atoms with Gasteiger partial charge < -0.3 is 19.7 Å². The van der Waals surface area contributed by atoms with Crippen LogP contribution in [0.25, 0.3) is 0 Å². The third-order valence-corrected chi connectivity index (χ3v) is 3.65. The standard InChI is InChI=1S/C17H19N3O5/c1-11(17(23)20(2)9-5-8-18)24-15(21)10-14-16(22)19-12-6-3-4-7-13(12)25-14/h3-4,6-7,11,14H,5,9-10H2,1-2H3,(H,19,22)/t11-,14-/m1/s1. The first kappa shape index (κ1) is 18.3. The molecule has 0 saturated carbocycles. The highest BCUT2D eigenvalue weighted by Gasteiger charge is 2.31. The molecule has 0 bridgehead atoms. The fourth-order valence-corrected chi connectivity index (χ4v) is 2.31. The summed E-state index contributed by atoms with van der Waals surface area (Å²) < 4.78 is 10.6. The summed E-state index contributed by atoms with van der Waals surface area (Å²) in [5.41, 5.74) is 0.541. The Morgan fingerprint density at radius 2 is 2.16 bits per heavy atom. The molecule has 0 unspecified atom stereocenters. The van der Waals surface area contributed by atoms with Crippen LogP contribution in [0.3, 0.4) is 0 Å². The average molecular weight is 345 g/mol. The molecule has 8 nitrogen and oxygen atoms in total. The monoisotopic (exact) mass is 345 g/mol. The van der Waals surface area contributed by atoms with Gasteiger partial charge in [-0.25, -0.2) is 0 Å². The summed E-state index contributed by atoms with van der Waals surface area (Å²) in [6, 6.07) is 8.83. The van der Waals surface area contributed by atoms with Crippen molar-refractivity contribution in [1.29, 1.82) is 5.26 Å². The summed E-state index contributed by atoms with van der Waals surface area (Å²) in [5, 5.41) is 11.2. The number of hydrogen-bond acceptors (Lipinski definition) is 6. The summed E-state index contributed by atoms with van der Waals surface area (Å²) in [6.45, 7) is 1.70. The molecule has 0 spiro atoms. The first-order valence-corrected chi connectivity index (χ1v) is 7.80. The lowest BCUT2D eigenvalue weighted by Crippen LogP contribution is -2.41. The van der Waals surface area contributed by atoms with Gasteiger partial charge in [0, 0.05) is 13.6 Å². The van der Waals surface area contributed by atoms with E-state index in [9.17, 15) is 14.4 Å². The second kappa shape index (κ2) is 8.15. The van der Waals surface area contributed by atoms with Gasteiger partial charge in [-0.2, -0.15) is 5.26 Å². The van der Waals surface area contributed by atoms with Gasteiger partial charge in [-0.05, 0) is 19.1 Å². The van der Waals surface area contributed by atoms with E-state index in [1.165, 1.54) is 18.9 Å². The van der Waals surface area contributed by atoms with Crippen LogP contribution in [0.4, 0.5) is 5.69 Å². The molecule has 0 fully saturated rings. The van der Waals surface area contributed by atoms with Crippen molar-refractivity contribution in [2.75, 3.05) is 18.9 Å². The van der Waals surface area contributed by atoms with E-state index in [1.807, 2.05) is 6.07 Å². The number of carbonyl (C=O) groups is 3. The second-order valence-corrected chi connectivity index (χ2v) is 5.60. The van der Waals surface area contributed by atoms with E-state index in [0.29, 0.717) is 11.4 Å². The maximum atomic E-state index is 12.0. The number of fused-ring (bicyclic) bond motifs is 1. The fraction of sp³-hybridized carbons (Fsp3) is 0.412. The Labute approximate surface area is 145 Å². The molecular weight excluding hydrogens is 326 g/mol. The second-order valence-electron chi connectivity index (χ2n) is 5.60. The lowest BCUT2D eigenvalue weighted by molar-refractivity contribution is -0.160. The molecule has 0 radical (unpaired) electrons. The van der Waals surface area contributed by atoms with Crippen LogP contribution in [-0.4, -0.2) is 48.5 Å². The van der Waals surface area contributed by atoms with Gasteiger partial charge in [0.15, 0.2) is 12.2 Å². The van der Waals surface area contributed by atoms with Crippen molar-refractivity contribution in [3.05, 3.63) is 24.3 Å². The number of ether oxygens (including phenoxy) is 2. The number of likely N-dealkylation sites (N-methyl/N-ethyl adjacent to an activating group) is 1. The lowest BCUT2D eigenvalue weighted by atomic mass is 10.1. The Balaban J connectivity index is 1.89. The van der Waals surface area contributed by atoms with Crippen LogP contribution in [0.1, 0.15) is 19.8 Å². The molecule has 0 aliphatic carbocycles. The van der Waals surface area contributed by atoms with Crippen molar-refractivity contribution < 1.29 is 23.9 Å². The number of hydrogen-bond donors (Lipinski definition) is 1. The Morgan fingerprint density at radius 3 is 2.88 bits per heavy atom. The third-order valence-electron chi connectivity index (χ3n) is 3.65. The van der Waals surface area contributed by atoms with E-state index in [2.05, 4.69) is 5.32 Å². The van der Waals surface area contributed by atoms with E-state index >= 15 is 0 Å². The zero-order valence-electron chi connectivity index (χ0n) is 14.0. The van der Waals surface area contributed by atoms with Crippen molar-refractivity contribution >= 4 is 23.5 Å². The van der Waals surface area contributed by atoms with Crippen molar-refractivity contribution in [2.24, 2.45) is 0 Å². The number of amides is 2. The smallest absolute Gasteiger partial charge is 0.310 e. The van der Waals surface area contributed by atoms with Crippen molar-refractivity contribution in [1.82, 2.24) is 4.90 Å². The van der Waals surface area contributed by atoms with E-state index < -0.39 is 30.0 Å². The molecule has 132 valence electrons. The predicted molar refractivity (Wildman–Crippen MR) is 87.5 cm³/mol. The van der Waals surface area contributed by atoms with Crippen LogP contribution in [0.15, 0.2) is 24.3 Å². The minimum atomic E-state index is -1.01. The molecule has 2 rings (SSSR count). The first-order chi connectivity index (χ1) is 11.9. The minimum Gasteiger partial charge on any atom is -0.478 e. The molecule has 0 saturated heterocycles. The third kappa shape index (κ3) is 4.70. The van der Waals surface area contributed by atoms with Crippen molar-refractivity contribution in [2.45, 2.75) is 32.0 Å². The molecule has 1 aliphatic heterocycles. The van der Waals surface area contributed by atoms with Gasteiger partial charge in [-0.15, -0.1) is 0 Å². The number of benzene rings is 1. The van der Waals surface area contributed by atoms with Gasteiger partial charge in [-0.1, -0.05) is 12.1 Å². The summed E-state index contributed by atoms with van der Waals surface area (Å²) in [7, 11) is 1.53. The normalized spacial score (nSPS) is 16.5. The van der Waals surface area contributed by atoms with Crippen LogP contribution in [0.5, 0.6) is 5.75 Å². The van der Waals surface area contributed by atoms with Crippen LogP contribution in [0, 0.1) is 11.3 Å². The highest BCUT2D eigenvalue weighted by atomic mass is 16.6. The summed E-state index contributed by atoms with van der Waals surface area (Å²) in [6.07, 6.45) is -2.13. The van der Waals surface area contributed by atoms with Gasteiger partial charge in [0.05, 0.1) is 24.6 Å². The molecule has 1 aromatic carbocycles. The van der Waals surface area contributed by atoms with Crippen molar-refractivity contribution in [3.8, 4) is 11.8 Å². The zero-order valence-corrected chi connectivity index (χ0v) is 14.0. The number of carbonyl (C=O) groups excluding carboxylic acids is 3. The summed E-state index contributed by atoms with van der Waals surface area (Å²) >= 11 is 0. The number of rotatable bonds is 6. The SMILES string of the molecule is C[C@@H](OC(=O)C[C@H]1Oc2ccccc2NC1=O)C(=O)N(C)CCC#N. The van der Waals surface area contributed by atoms with Gasteiger partial charge in [0.2, 0.25) is 0 Å². The average Bonchev–Trinajstić information content (AvgIpc) is 2.59. The first-order valence-electron chi connectivity index (χ1n) is 7.80. The molecule has 1 aliphatic rings. The number of para-hydroxylation sites is 2. The number of anilines is 1. The van der Waals surface area contributed by atoms with Gasteiger partial charge in [0.1, 0.15) is 5.75 Å². The van der Waals surface area contributed by atoms with Crippen LogP contribution >= 0.6 is 0 Å². The predicted octanol–water partition coefficient (Wildman–Crippen LogP) is 1.08. The Morgan fingerprint density at radius 1 is 1.44 bits per heavy atom. The molecule has 1 N–H and O–H groups in total. The molecule has 1 aromatic rings. The van der Waals surface area contributed by atoms with E-state index in [1.54, 1.807) is 24.3 Å². The summed E-state index contributed by atoms with van der Waals surface area (Å²) in [4.78, 5) is 37.4. The molecular formula is C17H19N3O5. The van der Waals surface area contributed by atoms with E-state index in [-0.39, 0.29) is 19.4 Å². The number of nitriles is 1. The molecule has 0 aromatic heterocycles. The quantitative estimate of drug-likeness (QED) is 0.773. The fourth-order valence-electron chi connectivity index (χ4n) is 2.31. The molecule has 2 amide bonds. The topological polar surface area (TPSA) is 109 Å². The van der Waals surface area contributed by atoms with Crippen LogP contribution in [0.2, 0.25) is 0 Å². The van der Waals surface area contributed by atoms with Gasteiger partial charge in [0.25, 0.3) is 11.8 Å². The largest absolute Gasteiger partial charge is 0.478 e. The maximum Gasteiger partial charge on any atom is 0.310 e. The van der Waals surface area contributed by atoms with Crippen LogP contribution < -0.4 is 10.1 Å². The molecule has 25 heavy (non-hydrogen) atoms. The number of esters is 1. The maximum absolute atomic E-state index is 12.0. The summed E-state index contributed by atoms with van der Waals surface area (Å²) in [5.74, 6) is -1.10. The Bertz CT molecular complexity index is 712. The van der Waals surface area contributed by atoms with E-state index in [0.717, 1.165) is 0 Å². The van der Waals surface area contributed by atoms with Gasteiger partial charge >= 0.3 is 5.97 Å². The molecule has 2 atom stereocenters. The number of nitrogens with one attached hydrogen (secondary N) is 1. The Kier molecular flexibility index (Phi) is 5.95. The lowest BCUT2D eigenvalue weighted by Gasteiger charge is -2.26. The molecule has 8 heteroatoms. The highest BCUT2D eigenvalue weighted by molar-refractivity contribution is 5.99. The highest BCUT2D eigenvalue weighted by Crippen LogP contribution is 2.29. The van der Waals surface area contributed by atoms with E-state index in [4.69, 9.17) is 14.7 Å². The Hall–Kier alpha value is -3.08. The molecule has 1 heterocycles. The van der Waals surface area contributed by atoms with Crippen molar-refractivity contribution in [3.63, 3.8) is 0 Å².